The number of hydrogen-bond acceptors (Lipinski definition) is 4. The fourth-order valence-corrected chi connectivity index (χ4v) is 1.85. The molecule has 0 spiro atoms. The van der Waals surface area contributed by atoms with E-state index in [0.29, 0.717) is 18.8 Å². The Labute approximate surface area is 92.4 Å². The minimum Gasteiger partial charge on any atom is -0.479 e. The van der Waals surface area contributed by atoms with Crippen LogP contribution in [0.2, 0.25) is 0 Å². The van der Waals surface area contributed by atoms with E-state index in [1.165, 1.54) is 7.11 Å². The maximum Gasteiger partial charge on any atom is 0.254 e. The lowest BCUT2D eigenvalue weighted by molar-refractivity contribution is 0.376. The van der Waals surface area contributed by atoms with Gasteiger partial charge in [-0.2, -0.15) is 13.8 Å². The number of fused-ring (bicyclic) bond motifs is 1. The van der Waals surface area contributed by atoms with Gasteiger partial charge in [0.05, 0.1) is 7.11 Å². The standard InChI is InChI=1S/C10H13F2N3O/c1-14-4-5-15(2)8-7(14)6(11)9(12)13-10(8)16-3/h4-5H2,1-3H3. The van der Waals surface area contributed by atoms with Gasteiger partial charge in [0.25, 0.3) is 5.95 Å². The fourth-order valence-electron chi connectivity index (χ4n) is 1.85. The van der Waals surface area contributed by atoms with Crippen molar-refractivity contribution >= 4 is 11.4 Å². The van der Waals surface area contributed by atoms with Crippen LogP contribution in [0.5, 0.6) is 5.88 Å². The van der Waals surface area contributed by atoms with E-state index in [4.69, 9.17) is 4.74 Å². The van der Waals surface area contributed by atoms with Gasteiger partial charge >= 0.3 is 0 Å². The number of ether oxygens (including phenoxy) is 1. The molecular weight excluding hydrogens is 216 g/mol. The first kappa shape index (κ1) is 10.9. The molecule has 0 aliphatic carbocycles. The van der Waals surface area contributed by atoms with Gasteiger partial charge in [-0.3, -0.25) is 0 Å². The number of likely N-dealkylation sites (N-methyl/N-ethyl adjacent to an activating group) is 2. The van der Waals surface area contributed by atoms with Crippen LogP contribution < -0.4 is 14.5 Å². The largest absolute Gasteiger partial charge is 0.479 e. The SMILES string of the molecule is COc1nc(F)c(F)c2c1N(C)CCN2C. The monoisotopic (exact) mass is 229 g/mol. The lowest BCUT2D eigenvalue weighted by atomic mass is 10.2. The van der Waals surface area contributed by atoms with E-state index in [1.54, 1.807) is 19.0 Å². The highest BCUT2D eigenvalue weighted by Crippen LogP contribution is 2.40. The van der Waals surface area contributed by atoms with Gasteiger partial charge in [-0.05, 0) is 0 Å². The van der Waals surface area contributed by atoms with Gasteiger partial charge in [-0.1, -0.05) is 0 Å². The van der Waals surface area contributed by atoms with E-state index in [1.807, 2.05) is 4.90 Å². The van der Waals surface area contributed by atoms with Crippen molar-refractivity contribution in [3.8, 4) is 5.88 Å². The molecule has 1 aliphatic rings. The quantitative estimate of drug-likeness (QED) is 0.678. The normalized spacial score (nSPS) is 15.1. The molecule has 0 unspecified atom stereocenters. The van der Waals surface area contributed by atoms with E-state index in [2.05, 4.69) is 4.98 Å². The Morgan fingerprint density at radius 2 is 1.69 bits per heavy atom. The minimum absolute atomic E-state index is 0.114. The molecule has 16 heavy (non-hydrogen) atoms. The molecule has 0 saturated heterocycles. The Bertz CT molecular complexity index is 425. The number of halogens is 2. The van der Waals surface area contributed by atoms with Crippen LogP contribution >= 0.6 is 0 Å². The summed E-state index contributed by atoms with van der Waals surface area (Å²) in [6, 6.07) is 0. The first-order chi connectivity index (χ1) is 7.56. The highest BCUT2D eigenvalue weighted by Gasteiger charge is 2.29. The summed E-state index contributed by atoms with van der Waals surface area (Å²) in [6.45, 7) is 1.35. The van der Waals surface area contributed by atoms with Crippen LogP contribution in [0.1, 0.15) is 0 Å². The summed E-state index contributed by atoms with van der Waals surface area (Å²) in [7, 11) is 4.91. The zero-order valence-corrected chi connectivity index (χ0v) is 9.42. The third-order valence-electron chi connectivity index (χ3n) is 2.74. The molecule has 6 heteroatoms. The number of aromatic nitrogens is 1. The van der Waals surface area contributed by atoms with Crippen LogP contribution in [0.4, 0.5) is 20.2 Å². The molecule has 1 aromatic heterocycles. The highest BCUT2D eigenvalue weighted by atomic mass is 19.2. The fraction of sp³-hybridized carbons (Fsp3) is 0.500. The number of nitrogens with zero attached hydrogens (tertiary/aromatic N) is 3. The Kier molecular flexibility index (Phi) is 2.57. The summed E-state index contributed by atoms with van der Waals surface area (Å²) in [6.07, 6.45) is 0. The Balaban J connectivity index is 2.70. The van der Waals surface area contributed by atoms with Crippen molar-refractivity contribution in [2.24, 2.45) is 0 Å². The number of hydrogen-bond donors (Lipinski definition) is 0. The van der Waals surface area contributed by atoms with E-state index >= 15 is 0 Å². The Morgan fingerprint density at radius 1 is 1.12 bits per heavy atom. The maximum atomic E-state index is 13.7. The smallest absolute Gasteiger partial charge is 0.254 e. The second-order valence-electron chi connectivity index (χ2n) is 3.77. The van der Waals surface area contributed by atoms with Crippen molar-refractivity contribution in [2.45, 2.75) is 0 Å². The third kappa shape index (κ3) is 1.45. The van der Waals surface area contributed by atoms with Crippen LogP contribution in [0.3, 0.4) is 0 Å². The summed E-state index contributed by atoms with van der Waals surface area (Å²) < 4.78 is 31.9. The molecule has 0 fully saturated rings. The van der Waals surface area contributed by atoms with Gasteiger partial charge in [0.2, 0.25) is 11.7 Å². The van der Waals surface area contributed by atoms with Crippen LogP contribution in [0, 0.1) is 11.8 Å². The van der Waals surface area contributed by atoms with Gasteiger partial charge in [0, 0.05) is 27.2 Å². The number of rotatable bonds is 1. The molecule has 88 valence electrons. The number of pyridine rings is 1. The van der Waals surface area contributed by atoms with E-state index in [9.17, 15) is 8.78 Å². The van der Waals surface area contributed by atoms with Crippen LogP contribution in [0.25, 0.3) is 0 Å². The summed E-state index contributed by atoms with van der Waals surface area (Å²) in [5, 5.41) is 0. The topological polar surface area (TPSA) is 28.6 Å². The molecule has 2 rings (SSSR count). The predicted octanol–water partition coefficient (Wildman–Crippen LogP) is 1.25. The maximum absolute atomic E-state index is 13.7. The van der Waals surface area contributed by atoms with E-state index in [-0.39, 0.29) is 11.6 Å². The first-order valence-corrected chi connectivity index (χ1v) is 4.91. The van der Waals surface area contributed by atoms with E-state index in [0.717, 1.165) is 0 Å². The molecule has 0 bridgehead atoms. The zero-order chi connectivity index (χ0) is 11.9. The van der Waals surface area contributed by atoms with Gasteiger partial charge < -0.3 is 14.5 Å². The Hall–Kier alpha value is -1.59. The van der Waals surface area contributed by atoms with Crippen LogP contribution in [-0.2, 0) is 0 Å². The summed E-state index contributed by atoms with van der Waals surface area (Å²) in [4.78, 5) is 6.93. The molecule has 1 aromatic rings. The van der Waals surface area contributed by atoms with Gasteiger partial charge in [0.1, 0.15) is 11.4 Å². The molecular formula is C10H13F2N3O. The number of methoxy groups -OCH3 is 1. The molecule has 2 heterocycles. The minimum atomic E-state index is -1.13. The van der Waals surface area contributed by atoms with Crippen LogP contribution in [0.15, 0.2) is 0 Å². The summed E-state index contributed by atoms with van der Waals surface area (Å²) in [5.41, 5.74) is 0.702. The molecule has 0 atom stereocenters. The second-order valence-corrected chi connectivity index (χ2v) is 3.77. The van der Waals surface area contributed by atoms with Gasteiger partial charge in [0.15, 0.2) is 0 Å². The van der Waals surface area contributed by atoms with Crippen molar-refractivity contribution in [1.82, 2.24) is 4.98 Å². The second kappa shape index (κ2) is 3.77. The van der Waals surface area contributed by atoms with Crippen molar-refractivity contribution in [3.05, 3.63) is 11.8 Å². The van der Waals surface area contributed by atoms with Crippen molar-refractivity contribution in [1.29, 1.82) is 0 Å². The van der Waals surface area contributed by atoms with E-state index < -0.39 is 11.8 Å². The van der Waals surface area contributed by atoms with Crippen molar-refractivity contribution in [3.63, 3.8) is 0 Å². The lowest BCUT2D eigenvalue weighted by Crippen LogP contribution is -2.38. The molecule has 0 amide bonds. The average molecular weight is 229 g/mol. The first-order valence-electron chi connectivity index (χ1n) is 4.91. The van der Waals surface area contributed by atoms with Crippen molar-refractivity contribution in [2.75, 3.05) is 44.1 Å². The number of anilines is 2. The summed E-state index contributed by atoms with van der Waals surface area (Å²) in [5.74, 6) is -1.94. The van der Waals surface area contributed by atoms with Gasteiger partial charge in [-0.15, -0.1) is 0 Å². The molecule has 0 N–H and O–H groups in total. The highest BCUT2D eigenvalue weighted by molar-refractivity contribution is 5.77. The summed E-state index contributed by atoms with van der Waals surface area (Å²) >= 11 is 0. The zero-order valence-electron chi connectivity index (χ0n) is 9.42. The molecule has 0 radical (unpaired) electrons. The molecule has 0 aromatic carbocycles. The molecule has 4 nitrogen and oxygen atoms in total. The molecule has 0 saturated carbocycles. The molecule has 1 aliphatic heterocycles. The van der Waals surface area contributed by atoms with Gasteiger partial charge in [-0.25, -0.2) is 0 Å². The Morgan fingerprint density at radius 3 is 2.25 bits per heavy atom. The predicted molar refractivity (Wildman–Crippen MR) is 57.2 cm³/mol. The lowest BCUT2D eigenvalue weighted by Gasteiger charge is -2.35. The third-order valence-corrected chi connectivity index (χ3v) is 2.74. The van der Waals surface area contributed by atoms with Crippen LogP contribution in [-0.4, -0.2) is 39.3 Å². The van der Waals surface area contributed by atoms with Crippen molar-refractivity contribution < 1.29 is 13.5 Å². The average Bonchev–Trinajstić information content (AvgIpc) is 2.27.